The zero-order valence-electron chi connectivity index (χ0n) is 9.33. The maximum atomic E-state index is 11.9. The minimum atomic E-state index is -0.460. The fourth-order valence-corrected chi connectivity index (χ4v) is 2.08. The predicted molar refractivity (Wildman–Crippen MR) is 72.8 cm³/mol. The molecule has 5 heteroatoms. The van der Waals surface area contributed by atoms with Gasteiger partial charge in [0.15, 0.2) is 5.78 Å². The first-order valence-electron chi connectivity index (χ1n) is 5.16. The molecule has 1 aromatic rings. The molecule has 0 unspecified atom stereocenters. The quantitative estimate of drug-likeness (QED) is 0.456. The summed E-state index contributed by atoms with van der Waals surface area (Å²) >= 11 is 6.50. The van der Waals surface area contributed by atoms with Crippen LogP contribution >= 0.6 is 31.9 Å². The van der Waals surface area contributed by atoms with E-state index in [4.69, 9.17) is 4.74 Å². The summed E-state index contributed by atoms with van der Waals surface area (Å²) in [7, 11) is 0. The van der Waals surface area contributed by atoms with Crippen LogP contribution in [0.2, 0.25) is 0 Å². The van der Waals surface area contributed by atoms with Gasteiger partial charge in [0.2, 0.25) is 0 Å². The second kappa shape index (κ2) is 6.91. The maximum absolute atomic E-state index is 11.9. The fourth-order valence-electron chi connectivity index (χ4n) is 1.35. The maximum Gasteiger partial charge on any atom is 0.338 e. The molecule has 0 aromatic heterocycles. The highest BCUT2D eigenvalue weighted by molar-refractivity contribution is 9.10. The van der Waals surface area contributed by atoms with E-state index in [0.29, 0.717) is 29.5 Å². The Morgan fingerprint density at radius 2 is 2.00 bits per heavy atom. The number of hydrogen-bond acceptors (Lipinski definition) is 3. The van der Waals surface area contributed by atoms with Gasteiger partial charge in [0.05, 0.1) is 12.2 Å². The van der Waals surface area contributed by atoms with Gasteiger partial charge in [-0.3, -0.25) is 4.79 Å². The Kier molecular flexibility index (Phi) is 5.85. The van der Waals surface area contributed by atoms with E-state index in [1.807, 2.05) is 0 Å². The van der Waals surface area contributed by atoms with Crippen molar-refractivity contribution >= 4 is 43.6 Å². The number of Topliss-reactive ketones (excluding diaryl/α,β-unsaturated/α-hetero) is 1. The second-order valence-electron chi connectivity index (χ2n) is 3.27. The molecule has 0 spiro atoms. The topological polar surface area (TPSA) is 43.4 Å². The van der Waals surface area contributed by atoms with Crippen molar-refractivity contribution in [3.8, 4) is 0 Å². The average Bonchev–Trinajstić information content (AvgIpc) is 2.29. The molecule has 0 aliphatic heterocycles. The van der Waals surface area contributed by atoms with Crippen molar-refractivity contribution in [1.29, 1.82) is 0 Å². The number of hydrogen-bond donors (Lipinski definition) is 0. The lowest BCUT2D eigenvalue weighted by Gasteiger charge is -2.08. The van der Waals surface area contributed by atoms with Crippen molar-refractivity contribution < 1.29 is 14.3 Å². The fraction of sp³-hybridized carbons (Fsp3) is 0.333. The lowest BCUT2D eigenvalue weighted by molar-refractivity contribution is 0.0523. The molecule has 0 amide bonds. The largest absolute Gasteiger partial charge is 0.462 e. The van der Waals surface area contributed by atoms with Crippen molar-refractivity contribution in [1.82, 2.24) is 0 Å². The van der Waals surface area contributed by atoms with Crippen LogP contribution in [0.5, 0.6) is 0 Å². The Balaban J connectivity index is 3.11. The normalized spacial score (nSPS) is 10.1. The number of ketones is 1. The molecular weight excluding hydrogens is 352 g/mol. The summed E-state index contributed by atoms with van der Waals surface area (Å²) in [6, 6.07) is 4.97. The van der Waals surface area contributed by atoms with Crippen molar-refractivity contribution in [2.75, 3.05) is 11.9 Å². The second-order valence-corrected chi connectivity index (χ2v) is 4.98. The van der Waals surface area contributed by atoms with Crippen LogP contribution in [-0.2, 0) is 4.74 Å². The number of alkyl halides is 1. The molecule has 92 valence electrons. The van der Waals surface area contributed by atoms with Gasteiger partial charge in [-0.2, -0.15) is 0 Å². The number of carbonyl (C=O) groups excluding carboxylic acids is 2. The molecule has 17 heavy (non-hydrogen) atoms. The number of esters is 1. The highest BCUT2D eigenvalue weighted by Crippen LogP contribution is 2.19. The van der Waals surface area contributed by atoms with Gasteiger partial charge in [-0.15, -0.1) is 0 Å². The van der Waals surface area contributed by atoms with Gasteiger partial charge in [-0.1, -0.05) is 31.9 Å². The molecule has 0 bridgehead atoms. The van der Waals surface area contributed by atoms with E-state index in [9.17, 15) is 9.59 Å². The van der Waals surface area contributed by atoms with Crippen molar-refractivity contribution in [2.24, 2.45) is 0 Å². The molecule has 0 atom stereocenters. The van der Waals surface area contributed by atoms with E-state index >= 15 is 0 Å². The predicted octanol–water partition coefficient (Wildman–Crippen LogP) is 3.59. The Labute approximate surface area is 117 Å². The van der Waals surface area contributed by atoms with Crippen LogP contribution in [-0.4, -0.2) is 23.7 Å². The van der Waals surface area contributed by atoms with Gasteiger partial charge in [0, 0.05) is 21.8 Å². The highest BCUT2D eigenvalue weighted by Gasteiger charge is 2.17. The molecule has 0 radical (unpaired) electrons. The van der Waals surface area contributed by atoms with Gasteiger partial charge in [-0.25, -0.2) is 4.79 Å². The van der Waals surface area contributed by atoms with Crippen molar-refractivity contribution in [3.63, 3.8) is 0 Å². The van der Waals surface area contributed by atoms with E-state index in [2.05, 4.69) is 31.9 Å². The molecule has 0 fully saturated rings. The number of rotatable bonds is 5. The van der Waals surface area contributed by atoms with Gasteiger partial charge < -0.3 is 4.74 Å². The van der Waals surface area contributed by atoms with Crippen LogP contribution in [0.1, 0.15) is 34.1 Å². The summed E-state index contributed by atoms with van der Waals surface area (Å²) in [4.78, 5) is 23.6. The first-order valence-corrected chi connectivity index (χ1v) is 7.07. The molecule has 0 N–H and O–H groups in total. The monoisotopic (exact) mass is 362 g/mol. The zero-order chi connectivity index (χ0) is 12.8. The van der Waals surface area contributed by atoms with Gasteiger partial charge >= 0.3 is 5.97 Å². The van der Waals surface area contributed by atoms with E-state index in [1.165, 1.54) is 0 Å². The van der Waals surface area contributed by atoms with E-state index in [1.54, 1.807) is 25.1 Å². The van der Waals surface area contributed by atoms with Crippen LogP contribution < -0.4 is 0 Å². The Morgan fingerprint density at radius 1 is 1.29 bits per heavy atom. The molecule has 0 heterocycles. The van der Waals surface area contributed by atoms with Crippen LogP contribution in [0.15, 0.2) is 22.7 Å². The summed E-state index contributed by atoms with van der Waals surface area (Å²) < 4.78 is 5.69. The molecule has 1 aromatic carbocycles. The summed E-state index contributed by atoms with van der Waals surface area (Å²) in [5.74, 6) is -0.538. The Morgan fingerprint density at radius 3 is 2.59 bits per heavy atom. The van der Waals surface area contributed by atoms with Gasteiger partial charge in [-0.05, 0) is 25.1 Å². The average molecular weight is 364 g/mol. The van der Waals surface area contributed by atoms with E-state index < -0.39 is 5.97 Å². The Hall–Kier alpha value is -0.680. The lowest BCUT2D eigenvalue weighted by Crippen LogP contribution is -2.12. The molecule has 0 aliphatic rings. The van der Waals surface area contributed by atoms with E-state index in [0.717, 1.165) is 4.47 Å². The third-order valence-electron chi connectivity index (χ3n) is 2.10. The van der Waals surface area contributed by atoms with Crippen LogP contribution in [0.3, 0.4) is 0 Å². The van der Waals surface area contributed by atoms with Crippen LogP contribution in [0.25, 0.3) is 0 Å². The van der Waals surface area contributed by atoms with Crippen molar-refractivity contribution in [3.05, 3.63) is 33.8 Å². The van der Waals surface area contributed by atoms with E-state index in [-0.39, 0.29) is 5.78 Å². The lowest BCUT2D eigenvalue weighted by atomic mass is 10.0. The smallest absolute Gasteiger partial charge is 0.338 e. The summed E-state index contributed by atoms with van der Waals surface area (Å²) in [5.41, 5.74) is 0.721. The number of ether oxygens (including phenoxy) is 1. The SMILES string of the molecule is CCOC(=O)c1ccc(Br)cc1C(=O)CCBr. The molecule has 0 aliphatic carbocycles. The highest BCUT2D eigenvalue weighted by atomic mass is 79.9. The number of benzene rings is 1. The van der Waals surface area contributed by atoms with Crippen molar-refractivity contribution in [2.45, 2.75) is 13.3 Å². The van der Waals surface area contributed by atoms with Gasteiger partial charge in [0.25, 0.3) is 0 Å². The first kappa shape index (κ1) is 14.4. The third-order valence-corrected chi connectivity index (χ3v) is 2.99. The summed E-state index contributed by atoms with van der Waals surface area (Å²) in [5, 5.41) is 0.570. The number of carbonyl (C=O) groups is 2. The third kappa shape index (κ3) is 3.92. The standard InChI is InChI=1S/C12H12Br2O3/c1-2-17-12(16)9-4-3-8(14)7-10(9)11(15)5-6-13/h3-4,7H,2,5-6H2,1H3. The zero-order valence-corrected chi connectivity index (χ0v) is 12.5. The minimum Gasteiger partial charge on any atom is -0.462 e. The Bertz CT molecular complexity index is 430. The first-order chi connectivity index (χ1) is 8.10. The molecular formula is C12H12Br2O3. The summed E-state index contributed by atoms with van der Waals surface area (Å²) in [6.45, 7) is 2.03. The van der Waals surface area contributed by atoms with Crippen LogP contribution in [0, 0.1) is 0 Å². The molecule has 3 nitrogen and oxygen atoms in total. The minimum absolute atomic E-state index is 0.0776. The molecule has 0 saturated heterocycles. The summed E-state index contributed by atoms with van der Waals surface area (Å²) in [6.07, 6.45) is 0.350. The van der Waals surface area contributed by atoms with Crippen LogP contribution in [0.4, 0.5) is 0 Å². The number of halogens is 2. The molecule has 1 rings (SSSR count). The molecule has 0 saturated carbocycles. The van der Waals surface area contributed by atoms with Gasteiger partial charge in [0.1, 0.15) is 0 Å².